The lowest BCUT2D eigenvalue weighted by Crippen LogP contribution is -2.48. The average Bonchev–Trinajstić information content (AvgIpc) is 3.20. The topological polar surface area (TPSA) is 77.6 Å². The number of halogens is 3. The number of ether oxygens (including phenoxy) is 1. The monoisotopic (exact) mass is 422 g/mol. The number of amides is 1. The van der Waals surface area contributed by atoms with E-state index in [2.05, 4.69) is 15.2 Å². The number of aromatic nitrogens is 5. The van der Waals surface area contributed by atoms with Crippen molar-refractivity contribution in [3.63, 3.8) is 0 Å². The van der Waals surface area contributed by atoms with Crippen LogP contribution in [0.15, 0.2) is 18.3 Å². The Hall–Kier alpha value is -2.95. The van der Waals surface area contributed by atoms with Crippen molar-refractivity contribution < 1.29 is 22.7 Å². The number of alkyl halides is 3. The lowest BCUT2D eigenvalue weighted by Gasteiger charge is -2.34. The summed E-state index contributed by atoms with van der Waals surface area (Å²) in [5.41, 5.74) is 0.00147. The van der Waals surface area contributed by atoms with Crippen molar-refractivity contribution in [3.05, 3.63) is 35.4 Å². The average molecular weight is 422 g/mol. The van der Waals surface area contributed by atoms with Crippen LogP contribution in [0.5, 0.6) is 0 Å². The minimum atomic E-state index is -4.68. The fraction of sp³-hybridized carbons (Fsp3) is 0.474. The zero-order chi connectivity index (χ0) is 21.8. The Kier molecular flexibility index (Phi) is 4.80. The normalized spacial score (nSPS) is 20.2. The maximum Gasteiger partial charge on any atom is 0.433 e. The largest absolute Gasteiger partial charge is 0.433 e. The van der Waals surface area contributed by atoms with Gasteiger partial charge in [-0.2, -0.15) is 23.4 Å². The molecule has 160 valence electrons. The van der Waals surface area contributed by atoms with Gasteiger partial charge in [-0.15, -0.1) is 0 Å². The van der Waals surface area contributed by atoms with Gasteiger partial charge in [0.15, 0.2) is 17.0 Å². The van der Waals surface area contributed by atoms with E-state index in [9.17, 15) is 18.0 Å². The number of morpholine rings is 1. The lowest BCUT2D eigenvalue weighted by molar-refractivity contribution is -0.142. The Labute approximate surface area is 170 Å². The minimum Gasteiger partial charge on any atom is -0.372 e. The molecule has 4 heterocycles. The molecule has 0 N–H and O–H groups in total. The summed E-state index contributed by atoms with van der Waals surface area (Å²) in [6.45, 7) is 6.06. The van der Waals surface area contributed by atoms with Gasteiger partial charge in [-0.25, -0.2) is 9.50 Å². The molecule has 11 heteroatoms. The molecule has 3 aromatic rings. The summed E-state index contributed by atoms with van der Waals surface area (Å²) in [6, 6.07) is 2.22. The zero-order valence-electron chi connectivity index (χ0n) is 16.9. The van der Waals surface area contributed by atoms with Crippen LogP contribution in [0.25, 0.3) is 16.9 Å². The highest BCUT2D eigenvalue weighted by molar-refractivity contribution is 5.93. The molecule has 30 heavy (non-hydrogen) atoms. The Balaban J connectivity index is 1.81. The van der Waals surface area contributed by atoms with E-state index in [0.29, 0.717) is 28.9 Å². The van der Waals surface area contributed by atoms with Gasteiger partial charge < -0.3 is 9.64 Å². The first-order valence-corrected chi connectivity index (χ1v) is 9.46. The molecule has 0 aromatic carbocycles. The quantitative estimate of drug-likeness (QED) is 0.635. The standard InChI is InChI=1S/C19H21F3N6O2/c1-10-7-27(8-11(2)30-10)18(29)15-6-17-23-14(13-9-26(4)24-12(13)3)5-16(19(20,21)22)28(17)25-15/h5-6,9-11H,7-8H2,1-4H3/t10-,11-/m0/s1. The lowest BCUT2D eigenvalue weighted by atomic mass is 10.1. The van der Waals surface area contributed by atoms with Crippen molar-refractivity contribution in [2.24, 2.45) is 7.05 Å². The molecule has 1 saturated heterocycles. The van der Waals surface area contributed by atoms with Gasteiger partial charge in [-0.3, -0.25) is 9.48 Å². The molecule has 2 atom stereocenters. The van der Waals surface area contributed by atoms with Gasteiger partial charge in [0.1, 0.15) is 0 Å². The third-order valence-electron chi connectivity index (χ3n) is 4.93. The molecule has 0 spiro atoms. The van der Waals surface area contributed by atoms with Crippen LogP contribution in [0.4, 0.5) is 13.2 Å². The van der Waals surface area contributed by atoms with E-state index in [4.69, 9.17) is 4.74 Å². The predicted molar refractivity (Wildman–Crippen MR) is 101 cm³/mol. The predicted octanol–water partition coefficient (Wildman–Crippen LogP) is 2.71. The van der Waals surface area contributed by atoms with E-state index in [1.807, 2.05) is 13.8 Å². The fourth-order valence-corrected chi connectivity index (χ4v) is 3.78. The van der Waals surface area contributed by atoms with E-state index >= 15 is 0 Å². The number of carbonyl (C=O) groups is 1. The van der Waals surface area contributed by atoms with Crippen LogP contribution in [-0.2, 0) is 18.0 Å². The number of fused-ring (bicyclic) bond motifs is 1. The van der Waals surface area contributed by atoms with Gasteiger partial charge in [-0.1, -0.05) is 0 Å². The second-order valence-corrected chi connectivity index (χ2v) is 7.59. The van der Waals surface area contributed by atoms with Gasteiger partial charge in [-0.05, 0) is 26.8 Å². The molecule has 1 aliphatic heterocycles. The SMILES string of the molecule is Cc1nn(C)cc1-c1cc(C(F)(F)F)n2nc(C(=O)N3C[C@H](C)O[C@@H](C)C3)cc2n1. The van der Waals surface area contributed by atoms with Gasteiger partial charge in [0.25, 0.3) is 5.91 Å². The number of hydrogen-bond acceptors (Lipinski definition) is 5. The van der Waals surface area contributed by atoms with Gasteiger partial charge >= 0.3 is 6.18 Å². The molecule has 1 amide bonds. The Morgan fingerprint density at radius 1 is 1.17 bits per heavy atom. The summed E-state index contributed by atoms with van der Waals surface area (Å²) in [5, 5.41) is 8.12. The van der Waals surface area contributed by atoms with Crippen molar-refractivity contribution in [2.45, 2.75) is 39.2 Å². The first-order chi connectivity index (χ1) is 14.0. The highest BCUT2D eigenvalue weighted by Gasteiger charge is 2.36. The van der Waals surface area contributed by atoms with Crippen molar-refractivity contribution >= 4 is 11.6 Å². The van der Waals surface area contributed by atoms with Crippen molar-refractivity contribution in [1.29, 1.82) is 0 Å². The molecular formula is C19H21F3N6O2. The third-order valence-corrected chi connectivity index (χ3v) is 4.93. The second-order valence-electron chi connectivity index (χ2n) is 7.59. The van der Waals surface area contributed by atoms with Crippen molar-refractivity contribution in [1.82, 2.24) is 29.3 Å². The first-order valence-electron chi connectivity index (χ1n) is 9.46. The molecular weight excluding hydrogens is 401 g/mol. The Morgan fingerprint density at radius 2 is 1.83 bits per heavy atom. The molecule has 1 aliphatic rings. The number of aryl methyl sites for hydroxylation is 2. The van der Waals surface area contributed by atoms with Crippen LogP contribution in [0.2, 0.25) is 0 Å². The fourth-order valence-electron chi connectivity index (χ4n) is 3.78. The first kappa shape index (κ1) is 20.3. The van der Waals surface area contributed by atoms with Gasteiger partial charge in [0.2, 0.25) is 0 Å². The summed E-state index contributed by atoms with van der Waals surface area (Å²) in [7, 11) is 1.68. The number of rotatable bonds is 2. The van der Waals surface area contributed by atoms with E-state index in [1.54, 1.807) is 25.1 Å². The molecule has 0 saturated carbocycles. The molecule has 1 fully saturated rings. The van der Waals surface area contributed by atoms with Crippen LogP contribution < -0.4 is 0 Å². The van der Waals surface area contributed by atoms with Crippen LogP contribution in [0.3, 0.4) is 0 Å². The van der Waals surface area contributed by atoms with Crippen LogP contribution in [0, 0.1) is 6.92 Å². The summed E-state index contributed by atoms with van der Waals surface area (Å²) in [5.74, 6) is -0.449. The van der Waals surface area contributed by atoms with Crippen molar-refractivity contribution in [3.8, 4) is 11.3 Å². The molecule has 4 rings (SSSR count). The van der Waals surface area contributed by atoms with Gasteiger partial charge in [0.05, 0.1) is 23.6 Å². The summed E-state index contributed by atoms with van der Waals surface area (Å²) in [4.78, 5) is 18.8. The summed E-state index contributed by atoms with van der Waals surface area (Å²) < 4.78 is 49.1. The molecule has 8 nitrogen and oxygen atoms in total. The summed E-state index contributed by atoms with van der Waals surface area (Å²) >= 11 is 0. The molecule has 0 aliphatic carbocycles. The van der Waals surface area contributed by atoms with Crippen LogP contribution in [0.1, 0.15) is 35.7 Å². The van der Waals surface area contributed by atoms with Gasteiger partial charge in [0, 0.05) is 38.0 Å². The number of nitrogens with zero attached hydrogens (tertiary/aromatic N) is 6. The smallest absolute Gasteiger partial charge is 0.372 e. The Morgan fingerprint density at radius 3 is 2.40 bits per heavy atom. The second kappa shape index (κ2) is 7.08. The Bertz CT molecular complexity index is 1110. The molecule has 3 aromatic heterocycles. The van der Waals surface area contributed by atoms with E-state index in [0.717, 1.165) is 6.07 Å². The summed E-state index contributed by atoms with van der Waals surface area (Å²) in [6.07, 6.45) is -3.41. The highest BCUT2D eigenvalue weighted by Crippen LogP contribution is 2.33. The molecule has 0 unspecified atom stereocenters. The maximum atomic E-state index is 13.8. The maximum absolute atomic E-state index is 13.8. The van der Waals surface area contributed by atoms with Crippen molar-refractivity contribution in [2.75, 3.05) is 13.1 Å². The minimum absolute atomic E-state index is 0.0548. The molecule has 0 radical (unpaired) electrons. The third kappa shape index (κ3) is 3.64. The van der Waals surface area contributed by atoms with Crippen LogP contribution in [-0.4, -0.2) is 60.5 Å². The van der Waals surface area contributed by atoms with E-state index in [-0.39, 0.29) is 29.2 Å². The number of carbonyl (C=O) groups excluding carboxylic acids is 1. The molecule has 0 bridgehead atoms. The zero-order valence-corrected chi connectivity index (χ0v) is 16.9. The highest BCUT2D eigenvalue weighted by atomic mass is 19.4. The van der Waals surface area contributed by atoms with E-state index < -0.39 is 17.8 Å². The van der Waals surface area contributed by atoms with Crippen LogP contribution >= 0.6 is 0 Å². The number of hydrogen-bond donors (Lipinski definition) is 0. The van der Waals surface area contributed by atoms with E-state index in [1.165, 1.54) is 10.7 Å².